The Kier molecular flexibility index (Phi) is 6.93. The first kappa shape index (κ1) is 23.9. The number of carbonyl (C=O) groups is 1. The number of anilines is 1. The van der Waals surface area contributed by atoms with Gasteiger partial charge in [-0.05, 0) is 61.9 Å². The summed E-state index contributed by atoms with van der Waals surface area (Å²) < 4.78 is 27.9. The Labute approximate surface area is 198 Å². The molecule has 2 aliphatic rings. The van der Waals surface area contributed by atoms with Crippen molar-refractivity contribution in [2.45, 2.75) is 63.4 Å². The molecule has 1 saturated heterocycles. The maximum Gasteiger partial charge on any atom is 0.244 e. The van der Waals surface area contributed by atoms with E-state index in [1.165, 1.54) is 5.56 Å². The van der Waals surface area contributed by atoms with E-state index in [4.69, 9.17) is 0 Å². The first-order valence-electron chi connectivity index (χ1n) is 12.0. The van der Waals surface area contributed by atoms with Crippen LogP contribution in [0.4, 0.5) is 5.69 Å². The maximum absolute atomic E-state index is 13.4. The Morgan fingerprint density at radius 1 is 1.00 bits per heavy atom. The van der Waals surface area contributed by atoms with Crippen LogP contribution in [0.5, 0.6) is 0 Å². The van der Waals surface area contributed by atoms with Crippen LogP contribution in [0.2, 0.25) is 0 Å². The van der Waals surface area contributed by atoms with Crippen LogP contribution in [0.25, 0.3) is 0 Å². The van der Waals surface area contributed by atoms with Crippen molar-refractivity contribution in [3.05, 3.63) is 59.7 Å². The number of hydrogen-bond donors (Lipinski definition) is 0. The molecule has 0 aromatic heterocycles. The van der Waals surface area contributed by atoms with Gasteiger partial charge in [-0.15, -0.1) is 0 Å². The number of benzene rings is 2. The Morgan fingerprint density at radius 2 is 1.64 bits per heavy atom. The fraction of sp³-hybridized carbons (Fsp3) is 0.500. The standard InChI is InChI=1S/C26H35N3O3S/c1-5-19(2)22-10-12-24(13-11-22)33(31,32)28-16-14-27(15-17-28)21(4)26(30)29-20(3)18-23-8-6-7-9-25(23)29/h6-13,19-21H,5,14-18H2,1-4H3/t19-,20+,21+/m0/s1. The average Bonchev–Trinajstić information content (AvgIpc) is 3.18. The number of para-hydroxylation sites is 1. The molecule has 2 aromatic carbocycles. The molecule has 33 heavy (non-hydrogen) atoms. The molecular formula is C26H35N3O3S. The SMILES string of the molecule is CC[C@H](C)c1ccc(S(=O)(=O)N2CCN([C@H](C)C(=O)N3c4ccccc4C[C@H]3C)CC2)cc1. The summed E-state index contributed by atoms with van der Waals surface area (Å²) in [5.74, 6) is 0.499. The van der Waals surface area contributed by atoms with Crippen molar-refractivity contribution in [2.75, 3.05) is 31.1 Å². The average molecular weight is 470 g/mol. The van der Waals surface area contributed by atoms with Crippen molar-refractivity contribution in [3.8, 4) is 0 Å². The molecule has 0 aliphatic carbocycles. The smallest absolute Gasteiger partial charge is 0.244 e. The quantitative estimate of drug-likeness (QED) is 0.644. The first-order chi connectivity index (χ1) is 15.7. The van der Waals surface area contributed by atoms with Gasteiger partial charge in [0.05, 0.1) is 10.9 Å². The minimum Gasteiger partial charge on any atom is -0.308 e. The predicted molar refractivity (Wildman–Crippen MR) is 132 cm³/mol. The lowest BCUT2D eigenvalue weighted by Crippen LogP contribution is -2.56. The van der Waals surface area contributed by atoms with E-state index in [1.807, 2.05) is 42.2 Å². The number of fused-ring (bicyclic) bond motifs is 1. The van der Waals surface area contributed by atoms with Crippen molar-refractivity contribution in [2.24, 2.45) is 0 Å². The topological polar surface area (TPSA) is 60.9 Å². The van der Waals surface area contributed by atoms with Gasteiger partial charge in [0, 0.05) is 37.9 Å². The van der Waals surface area contributed by atoms with E-state index in [2.05, 4.69) is 31.7 Å². The molecule has 1 amide bonds. The molecule has 7 heteroatoms. The number of amides is 1. The molecule has 0 radical (unpaired) electrons. The Hall–Kier alpha value is -2.22. The highest BCUT2D eigenvalue weighted by Gasteiger charge is 2.37. The van der Waals surface area contributed by atoms with Gasteiger partial charge in [0.15, 0.2) is 0 Å². The van der Waals surface area contributed by atoms with E-state index in [-0.39, 0.29) is 18.0 Å². The third kappa shape index (κ3) is 4.59. The van der Waals surface area contributed by atoms with Gasteiger partial charge in [-0.2, -0.15) is 4.31 Å². The van der Waals surface area contributed by atoms with E-state index in [0.29, 0.717) is 37.0 Å². The molecule has 1 fully saturated rings. The lowest BCUT2D eigenvalue weighted by molar-refractivity contribution is -0.124. The normalized spacial score (nSPS) is 21.6. The second-order valence-corrected chi connectivity index (χ2v) is 11.3. The molecule has 4 rings (SSSR count). The molecule has 0 bridgehead atoms. The van der Waals surface area contributed by atoms with Crippen LogP contribution < -0.4 is 4.90 Å². The Bertz CT molecular complexity index is 1090. The molecule has 0 unspecified atom stereocenters. The molecule has 2 heterocycles. The monoisotopic (exact) mass is 469 g/mol. The minimum atomic E-state index is -3.53. The van der Waals surface area contributed by atoms with Crippen LogP contribution in [-0.4, -0.2) is 61.8 Å². The zero-order valence-electron chi connectivity index (χ0n) is 20.1. The molecular weight excluding hydrogens is 434 g/mol. The van der Waals surface area contributed by atoms with Gasteiger partial charge in [-0.25, -0.2) is 8.42 Å². The largest absolute Gasteiger partial charge is 0.308 e. The number of nitrogens with zero attached hydrogens (tertiary/aromatic N) is 3. The van der Waals surface area contributed by atoms with E-state index < -0.39 is 10.0 Å². The van der Waals surface area contributed by atoms with Gasteiger partial charge in [0.2, 0.25) is 15.9 Å². The molecule has 0 spiro atoms. The fourth-order valence-electron chi connectivity index (χ4n) is 4.94. The summed E-state index contributed by atoms with van der Waals surface area (Å²) in [5, 5.41) is 0. The van der Waals surface area contributed by atoms with Gasteiger partial charge in [0.1, 0.15) is 0 Å². The van der Waals surface area contributed by atoms with Crippen LogP contribution in [-0.2, 0) is 21.2 Å². The van der Waals surface area contributed by atoms with Crippen molar-refractivity contribution in [3.63, 3.8) is 0 Å². The molecule has 0 N–H and O–H groups in total. The van der Waals surface area contributed by atoms with Crippen LogP contribution >= 0.6 is 0 Å². The second kappa shape index (κ2) is 9.57. The van der Waals surface area contributed by atoms with Crippen LogP contribution in [0.1, 0.15) is 51.2 Å². The summed E-state index contributed by atoms with van der Waals surface area (Å²) >= 11 is 0. The molecule has 0 saturated carbocycles. The summed E-state index contributed by atoms with van der Waals surface area (Å²) in [5.41, 5.74) is 3.37. The van der Waals surface area contributed by atoms with Crippen molar-refractivity contribution in [1.82, 2.24) is 9.21 Å². The Balaban J connectivity index is 1.40. The lowest BCUT2D eigenvalue weighted by atomic mass is 9.99. The number of rotatable bonds is 6. The second-order valence-electron chi connectivity index (χ2n) is 9.38. The highest BCUT2D eigenvalue weighted by molar-refractivity contribution is 7.89. The lowest BCUT2D eigenvalue weighted by Gasteiger charge is -2.38. The highest BCUT2D eigenvalue weighted by atomic mass is 32.2. The van der Waals surface area contributed by atoms with Gasteiger partial charge >= 0.3 is 0 Å². The van der Waals surface area contributed by atoms with E-state index in [9.17, 15) is 13.2 Å². The number of carbonyl (C=O) groups excluding carboxylic acids is 1. The molecule has 178 valence electrons. The summed E-state index contributed by atoms with van der Waals surface area (Å²) in [6.45, 7) is 10.2. The van der Waals surface area contributed by atoms with Crippen LogP contribution in [0.3, 0.4) is 0 Å². The zero-order valence-corrected chi connectivity index (χ0v) is 20.9. The Morgan fingerprint density at radius 3 is 2.27 bits per heavy atom. The molecule has 2 aromatic rings. The number of hydrogen-bond acceptors (Lipinski definition) is 4. The third-order valence-corrected chi connectivity index (χ3v) is 9.24. The first-order valence-corrected chi connectivity index (χ1v) is 13.4. The summed E-state index contributed by atoms with van der Waals surface area (Å²) in [6, 6.07) is 15.2. The van der Waals surface area contributed by atoms with Crippen LogP contribution in [0, 0.1) is 0 Å². The molecule has 6 nitrogen and oxygen atoms in total. The maximum atomic E-state index is 13.4. The number of piperazine rings is 1. The van der Waals surface area contributed by atoms with Gasteiger partial charge in [-0.3, -0.25) is 9.69 Å². The van der Waals surface area contributed by atoms with E-state index in [0.717, 1.165) is 24.1 Å². The van der Waals surface area contributed by atoms with Gasteiger partial charge < -0.3 is 4.90 Å². The number of sulfonamides is 1. The summed E-state index contributed by atoms with van der Waals surface area (Å²) in [7, 11) is -3.53. The van der Waals surface area contributed by atoms with Gasteiger partial charge in [-0.1, -0.05) is 44.2 Å². The van der Waals surface area contributed by atoms with Gasteiger partial charge in [0.25, 0.3) is 0 Å². The minimum absolute atomic E-state index is 0.0874. The summed E-state index contributed by atoms with van der Waals surface area (Å²) in [6.07, 6.45) is 1.89. The van der Waals surface area contributed by atoms with E-state index >= 15 is 0 Å². The predicted octanol–water partition coefficient (Wildman–Crippen LogP) is 3.87. The fourth-order valence-corrected chi connectivity index (χ4v) is 6.37. The molecule has 2 aliphatic heterocycles. The summed E-state index contributed by atoms with van der Waals surface area (Å²) in [4.78, 5) is 17.7. The zero-order chi connectivity index (χ0) is 23.8. The van der Waals surface area contributed by atoms with E-state index in [1.54, 1.807) is 16.4 Å². The van der Waals surface area contributed by atoms with Crippen LogP contribution in [0.15, 0.2) is 53.4 Å². The van der Waals surface area contributed by atoms with Crippen molar-refractivity contribution < 1.29 is 13.2 Å². The highest BCUT2D eigenvalue weighted by Crippen LogP contribution is 2.33. The van der Waals surface area contributed by atoms with Crippen molar-refractivity contribution in [1.29, 1.82) is 0 Å². The third-order valence-electron chi connectivity index (χ3n) is 7.32. The van der Waals surface area contributed by atoms with Crippen molar-refractivity contribution >= 4 is 21.6 Å². The molecule has 3 atom stereocenters.